The van der Waals surface area contributed by atoms with Crippen molar-refractivity contribution in [3.63, 3.8) is 0 Å². The second kappa shape index (κ2) is 9.81. The van der Waals surface area contributed by atoms with E-state index < -0.39 is 0 Å². The number of thiocarbonyl (C=S) groups is 1. The molecule has 0 saturated carbocycles. The Morgan fingerprint density at radius 1 is 1.12 bits per heavy atom. The van der Waals surface area contributed by atoms with Crippen molar-refractivity contribution < 1.29 is 9.15 Å². The Balaban J connectivity index is 1.46. The number of nitrogens with one attached hydrogen (secondary N) is 1. The van der Waals surface area contributed by atoms with E-state index in [-0.39, 0.29) is 12.1 Å². The first kappa shape index (κ1) is 22.3. The van der Waals surface area contributed by atoms with Crippen molar-refractivity contribution in [3.8, 4) is 11.3 Å². The molecule has 1 aromatic carbocycles. The van der Waals surface area contributed by atoms with E-state index in [1.807, 2.05) is 54.7 Å². The lowest BCUT2D eigenvalue weighted by Gasteiger charge is -2.31. The van der Waals surface area contributed by atoms with E-state index in [1.54, 1.807) is 0 Å². The summed E-state index contributed by atoms with van der Waals surface area (Å²) in [5.41, 5.74) is 3.05. The zero-order chi connectivity index (χ0) is 22.8. The summed E-state index contributed by atoms with van der Waals surface area (Å²) >= 11 is 12.0. The van der Waals surface area contributed by atoms with Crippen LogP contribution < -0.4 is 5.32 Å². The molecule has 1 N–H and O–H groups in total. The molecular weight excluding hydrogens is 456 g/mol. The minimum absolute atomic E-state index is 0.0946. The first-order valence-electron chi connectivity index (χ1n) is 11.2. The third kappa shape index (κ3) is 4.77. The zero-order valence-corrected chi connectivity index (χ0v) is 20.1. The molecule has 2 atom stereocenters. The van der Waals surface area contributed by atoms with Crippen LogP contribution in [0.3, 0.4) is 0 Å². The van der Waals surface area contributed by atoms with Gasteiger partial charge in [-0.1, -0.05) is 23.7 Å². The van der Waals surface area contributed by atoms with Crippen LogP contribution in [0.4, 0.5) is 0 Å². The number of halogens is 1. The molecule has 6 nitrogen and oxygen atoms in total. The quantitative estimate of drug-likeness (QED) is 0.515. The molecular formula is C25H27ClN4O2S. The number of hydrogen-bond acceptors (Lipinski definition) is 5. The molecule has 8 heteroatoms. The molecule has 2 saturated heterocycles. The maximum absolute atomic E-state index is 6.45. The van der Waals surface area contributed by atoms with Crippen molar-refractivity contribution in [2.75, 3.05) is 39.4 Å². The summed E-state index contributed by atoms with van der Waals surface area (Å²) in [6.07, 6.45) is 1.82. The van der Waals surface area contributed by atoms with Crippen molar-refractivity contribution in [3.05, 3.63) is 76.8 Å². The van der Waals surface area contributed by atoms with Gasteiger partial charge in [-0.25, -0.2) is 0 Å². The summed E-state index contributed by atoms with van der Waals surface area (Å²) in [7, 11) is 0. The number of furan rings is 1. The van der Waals surface area contributed by atoms with Gasteiger partial charge in [0, 0.05) is 43.0 Å². The first-order chi connectivity index (χ1) is 16.1. The number of pyridine rings is 1. The second-order valence-corrected chi connectivity index (χ2v) is 9.26. The number of aryl methyl sites for hydroxylation is 1. The summed E-state index contributed by atoms with van der Waals surface area (Å²) in [4.78, 5) is 9.26. The van der Waals surface area contributed by atoms with Gasteiger partial charge in [-0.3, -0.25) is 9.88 Å². The summed E-state index contributed by atoms with van der Waals surface area (Å²) in [6.45, 7) is 7.23. The molecule has 5 rings (SSSR count). The van der Waals surface area contributed by atoms with Crippen molar-refractivity contribution in [2.45, 2.75) is 19.0 Å². The normalized spacial score (nSPS) is 21.4. The Hall–Kier alpha value is -2.45. The van der Waals surface area contributed by atoms with E-state index in [2.05, 4.69) is 27.0 Å². The van der Waals surface area contributed by atoms with Gasteiger partial charge in [-0.15, -0.1) is 0 Å². The van der Waals surface area contributed by atoms with E-state index >= 15 is 0 Å². The lowest BCUT2D eigenvalue weighted by molar-refractivity contribution is 0.0347. The van der Waals surface area contributed by atoms with Crippen molar-refractivity contribution in [2.24, 2.45) is 0 Å². The standard InChI is InChI=1S/C25H27ClN4O2S/c1-17-5-6-18(26)16-19(17)21-7-8-22(32-21)24-23(20-4-2-3-9-27-20)28-25(33)30(24)11-10-29-12-14-31-15-13-29/h2-9,16,23-24H,10-15H2,1H3,(H,28,33)/t23-,24+/m1/s1. The number of benzene rings is 1. The zero-order valence-electron chi connectivity index (χ0n) is 18.5. The molecule has 2 aromatic heterocycles. The summed E-state index contributed by atoms with van der Waals surface area (Å²) in [6, 6.07) is 15.7. The average Bonchev–Trinajstić information content (AvgIpc) is 3.45. The fourth-order valence-corrected chi connectivity index (χ4v) is 5.05. The Kier molecular flexibility index (Phi) is 6.64. The van der Waals surface area contributed by atoms with Crippen LogP contribution in [-0.2, 0) is 4.74 Å². The van der Waals surface area contributed by atoms with Crippen LogP contribution in [0.25, 0.3) is 11.3 Å². The van der Waals surface area contributed by atoms with Crippen LogP contribution in [0, 0.1) is 6.92 Å². The molecule has 0 radical (unpaired) electrons. The molecule has 3 aromatic rings. The smallest absolute Gasteiger partial charge is 0.170 e. The van der Waals surface area contributed by atoms with Gasteiger partial charge in [-0.2, -0.15) is 0 Å². The molecule has 2 aliphatic heterocycles. The molecule has 0 bridgehead atoms. The molecule has 172 valence electrons. The number of nitrogens with zero attached hydrogens (tertiary/aromatic N) is 3. The van der Waals surface area contributed by atoms with Crippen molar-refractivity contribution in [1.29, 1.82) is 0 Å². The minimum atomic E-state index is -0.0957. The number of morpholine rings is 1. The molecule has 33 heavy (non-hydrogen) atoms. The van der Waals surface area contributed by atoms with Crippen LogP contribution in [0.15, 0.2) is 59.1 Å². The molecule has 2 fully saturated rings. The monoisotopic (exact) mass is 482 g/mol. The predicted molar refractivity (Wildman–Crippen MR) is 133 cm³/mol. The van der Waals surface area contributed by atoms with Crippen LogP contribution in [-0.4, -0.2) is 59.3 Å². The van der Waals surface area contributed by atoms with E-state index in [4.69, 9.17) is 33.0 Å². The number of rotatable bonds is 6. The molecule has 0 spiro atoms. The Morgan fingerprint density at radius 3 is 2.76 bits per heavy atom. The van der Waals surface area contributed by atoms with Gasteiger partial charge < -0.3 is 19.4 Å². The van der Waals surface area contributed by atoms with Gasteiger partial charge in [0.25, 0.3) is 0 Å². The third-order valence-corrected chi connectivity index (χ3v) is 6.93. The summed E-state index contributed by atoms with van der Waals surface area (Å²) in [5, 5.41) is 4.91. The topological polar surface area (TPSA) is 53.8 Å². The maximum atomic E-state index is 6.45. The minimum Gasteiger partial charge on any atom is -0.459 e. The molecule has 0 unspecified atom stereocenters. The average molecular weight is 483 g/mol. The molecule has 0 amide bonds. The van der Waals surface area contributed by atoms with Crippen LogP contribution in [0.1, 0.15) is 29.1 Å². The lowest BCUT2D eigenvalue weighted by Crippen LogP contribution is -2.42. The third-order valence-electron chi connectivity index (χ3n) is 6.34. The van der Waals surface area contributed by atoms with Gasteiger partial charge in [0.05, 0.1) is 24.9 Å². The summed E-state index contributed by atoms with van der Waals surface area (Å²) < 4.78 is 11.9. The van der Waals surface area contributed by atoms with Crippen LogP contribution in [0.5, 0.6) is 0 Å². The number of aromatic nitrogens is 1. The highest BCUT2D eigenvalue weighted by atomic mass is 35.5. The van der Waals surface area contributed by atoms with Gasteiger partial charge in [0.15, 0.2) is 5.11 Å². The van der Waals surface area contributed by atoms with Crippen molar-refractivity contribution in [1.82, 2.24) is 20.1 Å². The van der Waals surface area contributed by atoms with E-state index in [9.17, 15) is 0 Å². The lowest BCUT2D eigenvalue weighted by atomic mass is 10.0. The summed E-state index contributed by atoms with van der Waals surface area (Å²) in [5.74, 6) is 1.66. The largest absolute Gasteiger partial charge is 0.459 e. The van der Waals surface area contributed by atoms with Gasteiger partial charge in [0.1, 0.15) is 17.6 Å². The fraction of sp³-hybridized carbons (Fsp3) is 0.360. The van der Waals surface area contributed by atoms with Gasteiger partial charge in [0.2, 0.25) is 0 Å². The van der Waals surface area contributed by atoms with Crippen molar-refractivity contribution >= 4 is 28.9 Å². The molecule has 0 aliphatic carbocycles. The fourth-order valence-electron chi connectivity index (χ4n) is 4.55. The Labute approximate surface area is 204 Å². The maximum Gasteiger partial charge on any atom is 0.170 e. The SMILES string of the molecule is Cc1ccc(Cl)cc1-c1ccc([C@H]2[C@@H](c3ccccn3)NC(=S)N2CCN2CCOCC2)o1. The highest BCUT2D eigenvalue weighted by Gasteiger charge is 2.41. The molecule has 2 aliphatic rings. The number of ether oxygens (including phenoxy) is 1. The predicted octanol–water partition coefficient (Wildman–Crippen LogP) is 4.61. The van der Waals surface area contributed by atoms with Crippen LogP contribution in [0.2, 0.25) is 5.02 Å². The van der Waals surface area contributed by atoms with E-state index in [1.165, 1.54) is 0 Å². The highest BCUT2D eigenvalue weighted by molar-refractivity contribution is 7.80. The Morgan fingerprint density at radius 2 is 1.97 bits per heavy atom. The number of hydrogen-bond donors (Lipinski definition) is 1. The van der Waals surface area contributed by atoms with E-state index in [0.29, 0.717) is 5.02 Å². The highest BCUT2D eigenvalue weighted by Crippen LogP contribution is 2.40. The van der Waals surface area contributed by atoms with E-state index in [0.717, 1.165) is 72.8 Å². The Bertz CT molecular complexity index is 1120. The van der Waals surface area contributed by atoms with Gasteiger partial charge >= 0.3 is 0 Å². The van der Waals surface area contributed by atoms with Crippen LogP contribution >= 0.6 is 23.8 Å². The first-order valence-corrected chi connectivity index (χ1v) is 12.0. The van der Waals surface area contributed by atoms with Gasteiger partial charge in [-0.05, 0) is 61.1 Å². The second-order valence-electron chi connectivity index (χ2n) is 8.44. The molecule has 4 heterocycles.